The standard InChI is InChI=1S/C9H17NO2S/c1-2-9-13(11,12)10-7-5-3-4-6-8-10/h2H,1,3-9H2. The number of rotatable bonds is 3. The van der Waals surface area contributed by atoms with Crippen molar-refractivity contribution >= 4 is 10.0 Å². The van der Waals surface area contributed by atoms with Gasteiger partial charge in [-0.2, -0.15) is 0 Å². The largest absolute Gasteiger partial charge is 0.217 e. The Labute approximate surface area is 80.5 Å². The molecule has 0 amide bonds. The van der Waals surface area contributed by atoms with Crippen molar-refractivity contribution in [3.63, 3.8) is 0 Å². The van der Waals surface area contributed by atoms with Gasteiger partial charge >= 0.3 is 0 Å². The fourth-order valence-corrected chi connectivity index (χ4v) is 2.90. The fraction of sp³-hybridized carbons (Fsp3) is 0.778. The van der Waals surface area contributed by atoms with Crippen LogP contribution in [0.1, 0.15) is 25.7 Å². The molecule has 0 aliphatic carbocycles. The first-order chi connectivity index (χ1) is 6.17. The third kappa shape index (κ3) is 3.12. The zero-order valence-corrected chi connectivity index (χ0v) is 8.72. The normalized spacial score (nSPS) is 20.9. The van der Waals surface area contributed by atoms with Gasteiger partial charge in [-0.15, -0.1) is 6.58 Å². The van der Waals surface area contributed by atoms with E-state index < -0.39 is 10.0 Å². The number of sulfonamides is 1. The molecule has 13 heavy (non-hydrogen) atoms. The molecule has 1 fully saturated rings. The Balaban J connectivity index is 2.62. The molecular formula is C9H17NO2S. The summed E-state index contributed by atoms with van der Waals surface area (Å²) >= 11 is 0. The Bertz CT molecular complexity index is 251. The van der Waals surface area contributed by atoms with Gasteiger partial charge in [-0.1, -0.05) is 18.9 Å². The number of nitrogens with zero attached hydrogens (tertiary/aromatic N) is 1. The van der Waals surface area contributed by atoms with Crippen molar-refractivity contribution in [3.8, 4) is 0 Å². The van der Waals surface area contributed by atoms with E-state index in [1.165, 1.54) is 6.08 Å². The summed E-state index contributed by atoms with van der Waals surface area (Å²) in [6.45, 7) is 4.84. The van der Waals surface area contributed by atoms with E-state index in [-0.39, 0.29) is 5.75 Å². The highest BCUT2D eigenvalue weighted by atomic mass is 32.2. The second kappa shape index (κ2) is 4.77. The van der Waals surface area contributed by atoms with E-state index in [4.69, 9.17) is 0 Å². The van der Waals surface area contributed by atoms with Gasteiger partial charge in [0.05, 0.1) is 5.75 Å². The first-order valence-corrected chi connectivity index (χ1v) is 6.36. The molecule has 0 atom stereocenters. The smallest absolute Gasteiger partial charge is 0.212 e. The van der Waals surface area contributed by atoms with Crippen LogP contribution >= 0.6 is 0 Å². The molecule has 0 aromatic heterocycles. The molecule has 1 heterocycles. The van der Waals surface area contributed by atoms with Crippen LogP contribution in [0.4, 0.5) is 0 Å². The minimum Gasteiger partial charge on any atom is -0.212 e. The molecule has 1 saturated heterocycles. The Morgan fingerprint density at radius 1 is 1.15 bits per heavy atom. The van der Waals surface area contributed by atoms with Crippen LogP contribution in [0, 0.1) is 0 Å². The summed E-state index contributed by atoms with van der Waals surface area (Å²) < 4.78 is 24.8. The van der Waals surface area contributed by atoms with Crippen molar-refractivity contribution in [2.45, 2.75) is 25.7 Å². The SMILES string of the molecule is C=CCS(=O)(=O)N1CCCCCC1. The molecule has 0 saturated carbocycles. The quantitative estimate of drug-likeness (QED) is 0.650. The van der Waals surface area contributed by atoms with Crippen LogP contribution in [0.2, 0.25) is 0 Å². The van der Waals surface area contributed by atoms with Crippen molar-refractivity contribution in [3.05, 3.63) is 12.7 Å². The summed E-state index contributed by atoms with van der Waals surface area (Å²) in [6.07, 6.45) is 5.76. The summed E-state index contributed by atoms with van der Waals surface area (Å²) in [7, 11) is -3.04. The van der Waals surface area contributed by atoms with E-state index in [1.807, 2.05) is 0 Å². The van der Waals surface area contributed by atoms with E-state index in [0.29, 0.717) is 13.1 Å². The van der Waals surface area contributed by atoms with Gasteiger partial charge in [0.2, 0.25) is 10.0 Å². The second-order valence-electron chi connectivity index (χ2n) is 3.38. The first-order valence-electron chi connectivity index (χ1n) is 4.75. The van der Waals surface area contributed by atoms with Crippen LogP contribution in [0.15, 0.2) is 12.7 Å². The predicted molar refractivity (Wildman–Crippen MR) is 54.0 cm³/mol. The molecule has 1 aliphatic rings. The molecule has 0 N–H and O–H groups in total. The fourth-order valence-electron chi connectivity index (χ4n) is 1.57. The second-order valence-corrected chi connectivity index (χ2v) is 5.39. The van der Waals surface area contributed by atoms with Crippen LogP contribution in [-0.4, -0.2) is 31.6 Å². The molecular weight excluding hydrogens is 186 g/mol. The Kier molecular flexibility index (Phi) is 3.93. The maximum atomic E-state index is 11.6. The number of hydrogen-bond donors (Lipinski definition) is 0. The minimum atomic E-state index is -3.04. The van der Waals surface area contributed by atoms with Crippen molar-refractivity contribution in [2.24, 2.45) is 0 Å². The predicted octanol–water partition coefficient (Wildman–Crippen LogP) is 1.38. The van der Waals surface area contributed by atoms with Crippen molar-refractivity contribution in [1.29, 1.82) is 0 Å². The summed E-state index contributed by atoms with van der Waals surface area (Å²) in [4.78, 5) is 0. The Morgan fingerprint density at radius 3 is 2.15 bits per heavy atom. The summed E-state index contributed by atoms with van der Waals surface area (Å²) in [5, 5.41) is 0. The Hall–Kier alpha value is -0.350. The maximum Gasteiger partial charge on any atom is 0.217 e. The Morgan fingerprint density at radius 2 is 1.69 bits per heavy atom. The zero-order chi connectivity index (χ0) is 9.73. The topological polar surface area (TPSA) is 37.4 Å². The molecule has 0 aromatic rings. The lowest BCUT2D eigenvalue weighted by Gasteiger charge is -2.18. The number of hydrogen-bond acceptors (Lipinski definition) is 2. The van der Waals surface area contributed by atoms with Crippen LogP contribution in [-0.2, 0) is 10.0 Å². The van der Waals surface area contributed by atoms with Gasteiger partial charge in [0.15, 0.2) is 0 Å². The van der Waals surface area contributed by atoms with Gasteiger partial charge < -0.3 is 0 Å². The van der Waals surface area contributed by atoms with E-state index in [0.717, 1.165) is 25.7 Å². The van der Waals surface area contributed by atoms with Crippen LogP contribution < -0.4 is 0 Å². The monoisotopic (exact) mass is 203 g/mol. The van der Waals surface area contributed by atoms with Crippen molar-refractivity contribution in [1.82, 2.24) is 4.31 Å². The average Bonchev–Trinajstić information content (AvgIpc) is 2.31. The molecule has 3 nitrogen and oxygen atoms in total. The summed E-state index contributed by atoms with van der Waals surface area (Å²) in [6, 6.07) is 0. The lowest BCUT2D eigenvalue weighted by atomic mass is 10.2. The van der Waals surface area contributed by atoms with E-state index in [9.17, 15) is 8.42 Å². The van der Waals surface area contributed by atoms with Gasteiger partial charge in [0, 0.05) is 13.1 Å². The highest BCUT2D eigenvalue weighted by Crippen LogP contribution is 2.13. The third-order valence-corrected chi connectivity index (χ3v) is 4.10. The highest BCUT2D eigenvalue weighted by molar-refractivity contribution is 7.89. The van der Waals surface area contributed by atoms with Crippen molar-refractivity contribution < 1.29 is 8.42 Å². The van der Waals surface area contributed by atoms with E-state index >= 15 is 0 Å². The van der Waals surface area contributed by atoms with Gasteiger partial charge in [-0.25, -0.2) is 12.7 Å². The van der Waals surface area contributed by atoms with Crippen LogP contribution in [0.5, 0.6) is 0 Å². The third-order valence-electron chi connectivity index (χ3n) is 2.29. The lowest BCUT2D eigenvalue weighted by Crippen LogP contribution is -2.33. The molecule has 4 heteroatoms. The molecule has 1 rings (SSSR count). The molecule has 0 aromatic carbocycles. The molecule has 0 bridgehead atoms. The molecule has 76 valence electrons. The zero-order valence-electron chi connectivity index (χ0n) is 7.91. The molecule has 1 aliphatic heterocycles. The summed E-state index contributed by atoms with van der Waals surface area (Å²) in [5.41, 5.74) is 0. The van der Waals surface area contributed by atoms with Crippen LogP contribution in [0.25, 0.3) is 0 Å². The van der Waals surface area contributed by atoms with Gasteiger partial charge in [-0.05, 0) is 12.8 Å². The van der Waals surface area contributed by atoms with E-state index in [1.54, 1.807) is 4.31 Å². The first kappa shape index (κ1) is 10.7. The van der Waals surface area contributed by atoms with Crippen LogP contribution in [0.3, 0.4) is 0 Å². The summed E-state index contributed by atoms with van der Waals surface area (Å²) in [5.74, 6) is 0.0764. The van der Waals surface area contributed by atoms with Gasteiger partial charge in [0.1, 0.15) is 0 Å². The molecule has 0 spiro atoms. The highest BCUT2D eigenvalue weighted by Gasteiger charge is 2.20. The minimum absolute atomic E-state index is 0.0764. The van der Waals surface area contributed by atoms with Gasteiger partial charge in [0.25, 0.3) is 0 Å². The van der Waals surface area contributed by atoms with Crippen molar-refractivity contribution in [2.75, 3.05) is 18.8 Å². The maximum absolute atomic E-state index is 11.6. The average molecular weight is 203 g/mol. The molecule has 0 radical (unpaired) electrons. The van der Waals surface area contributed by atoms with Gasteiger partial charge in [-0.3, -0.25) is 0 Å². The van der Waals surface area contributed by atoms with E-state index in [2.05, 4.69) is 6.58 Å². The molecule has 0 unspecified atom stereocenters. The lowest BCUT2D eigenvalue weighted by molar-refractivity contribution is 0.426.